The third-order valence-corrected chi connectivity index (χ3v) is 5.11. The topological polar surface area (TPSA) is 15.3 Å². The van der Waals surface area contributed by atoms with E-state index in [2.05, 4.69) is 38.2 Å². The quantitative estimate of drug-likeness (QED) is 0.810. The molecule has 0 aromatic heterocycles. The molecule has 2 aliphatic rings. The van der Waals surface area contributed by atoms with Gasteiger partial charge < -0.3 is 10.2 Å². The first kappa shape index (κ1) is 13.4. The van der Waals surface area contributed by atoms with Gasteiger partial charge in [0.2, 0.25) is 0 Å². The molecule has 2 aliphatic carbocycles. The van der Waals surface area contributed by atoms with Crippen LogP contribution in [0.25, 0.3) is 0 Å². The Morgan fingerprint density at radius 3 is 2.41 bits per heavy atom. The van der Waals surface area contributed by atoms with E-state index in [0.29, 0.717) is 5.54 Å². The van der Waals surface area contributed by atoms with Crippen LogP contribution in [0.2, 0.25) is 0 Å². The maximum atomic E-state index is 3.82. The van der Waals surface area contributed by atoms with Gasteiger partial charge in [-0.15, -0.1) is 0 Å². The molecule has 17 heavy (non-hydrogen) atoms. The van der Waals surface area contributed by atoms with Gasteiger partial charge in [-0.05, 0) is 51.6 Å². The van der Waals surface area contributed by atoms with Crippen molar-refractivity contribution < 1.29 is 0 Å². The summed E-state index contributed by atoms with van der Waals surface area (Å²) in [5.74, 6) is 1.85. The molecule has 1 N–H and O–H groups in total. The molecule has 2 atom stereocenters. The summed E-state index contributed by atoms with van der Waals surface area (Å²) >= 11 is 0. The zero-order valence-electron chi connectivity index (χ0n) is 12.1. The van der Waals surface area contributed by atoms with E-state index < -0.39 is 0 Å². The normalized spacial score (nSPS) is 42.5. The minimum Gasteiger partial charge on any atom is -0.312 e. The summed E-state index contributed by atoms with van der Waals surface area (Å²) in [4.78, 5) is 2.48. The van der Waals surface area contributed by atoms with Crippen molar-refractivity contribution in [3.8, 4) is 0 Å². The summed E-state index contributed by atoms with van der Waals surface area (Å²) in [5, 5.41) is 3.82. The molecule has 0 radical (unpaired) electrons. The van der Waals surface area contributed by atoms with Crippen LogP contribution in [-0.4, -0.2) is 37.1 Å². The number of nitrogens with zero attached hydrogens (tertiary/aromatic N) is 1. The van der Waals surface area contributed by atoms with Gasteiger partial charge in [0.25, 0.3) is 0 Å². The molecular weight excluding hydrogens is 208 g/mol. The van der Waals surface area contributed by atoms with Crippen LogP contribution in [0.15, 0.2) is 0 Å². The molecule has 2 nitrogen and oxygen atoms in total. The molecule has 0 aliphatic heterocycles. The second-order valence-electron chi connectivity index (χ2n) is 6.97. The van der Waals surface area contributed by atoms with Crippen molar-refractivity contribution >= 4 is 0 Å². The number of likely N-dealkylation sites (N-methyl/N-ethyl adjacent to an activating group) is 1. The maximum Gasteiger partial charge on any atom is 0.0330 e. The third-order valence-electron chi connectivity index (χ3n) is 5.11. The average Bonchev–Trinajstić information content (AvgIpc) is 2.22. The van der Waals surface area contributed by atoms with Crippen molar-refractivity contribution in [2.24, 2.45) is 11.8 Å². The Morgan fingerprint density at radius 1 is 1.18 bits per heavy atom. The Kier molecular flexibility index (Phi) is 4.14. The molecule has 2 heteroatoms. The van der Waals surface area contributed by atoms with Crippen molar-refractivity contribution in [3.63, 3.8) is 0 Å². The highest BCUT2D eigenvalue weighted by Crippen LogP contribution is 2.36. The second kappa shape index (κ2) is 5.27. The molecule has 0 aromatic rings. The largest absolute Gasteiger partial charge is 0.312 e. The van der Waals surface area contributed by atoms with Gasteiger partial charge in [-0.25, -0.2) is 0 Å². The van der Waals surface area contributed by atoms with Crippen LogP contribution in [0, 0.1) is 11.8 Å². The van der Waals surface area contributed by atoms with Crippen LogP contribution in [-0.2, 0) is 0 Å². The first-order valence-corrected chi connectivity index (χ1v) is 7.43. The molecule has 2 unspecified atom stereocenters. The molecule has 100 valence electrons. The lowest BCUT2D eigenvalue weighted by atomic mass is 9.74. The molecule has 0 bridgehead atoms. The van der Waals surface area contributed by atoms with E-state index in [4.69, 9.17) is 0 Å². The lowest BCUT2D eigenvalue weighted by Crippen LogP contribution is -2.57. The molecule has 0 heterocycles. The van der Waals surface area contributed by atoms with Gasteiger partial charge in [0.15, 0.2) is 0 Å². The Bertz CT molecular complexity index is 245. The van der Waals surface area contributed by atoms with Gasteiger partial charge >= 0.3 is 0 Å². The van der Waals surface area contributed by atoms with E-state index >= 15 is 0 Å². The first-order valence-electron chi connectivity index (χ1n) is 7.43. The summed E-state index contributed by atoms with van der Waals surface area (Å²) in [6, 6.07) is 0.805. The highest BCUT2D eigenvalue weighted by molar-refractivity contribution is 4.96. The van der Waals surface area contributed by atoms with Crippen LogP contribution in [0.4, 0.5) is 0 Å². The summed E-state index contributed by atoms with van der Waals surface area (Å²) < 4.78 is 0. The predicted octanol–water partition coefficient (Wildman–Crippen LogP) is 2.89. The summed E-state index contributed by atoms with van der Waals surface area (Å²) in [6.45, 7) is 5.98. The number of hydrogen-bond donors (Lipinski definition) is 1. The van der Waals surface area contributed by atoms with E-state index in [-0.39, 0.29) is 0 Å². The van der Waals surface area contributed by atoms with Crippen LogP contribution in [0.1, 0.15) is 52.4 Å². The van der Waals surface area contributed by atoms with E-state index in [1.165, 1.54) is 45.1 Å². The van der Waals surface area contributed by atoms with Gasteiger partial charge in [-0.2, -0.15) is 0 Å². The average molecular weight is 238 g/mol. The zero-order valence-corrected chi connectivity index (χ0v) is 12.1. The van der Waals surface area contributed by atoms with Gasteiger partial charge in [-0.1, -0.05) is 26.7 Å². The van der Waals surface area contributed by atoms with Crippen LogP contribution < -0.4 is 5.32 Å². The monoisotopic (exact) mass is 238 g/mol. The SMILES string of the molecule is CC1CC(NCC2(N(C)C)CCCC(C)C2)C1. The smallest absolute Gasteiger partial charge is 0.0330 e. The standard InChI is InChI=1S/C15H30N2/c1-12-6-5-7-15(10-12,17(3)4)11-16-14-8-13(2)9-14/h12-14,16H,5-11H2,1-4H3. The predicted molar refractivity (Wildman–Crippen MR) is 74.2 cm³/mol. The van der Waals surface area contributed by atoms with Crippen LogP contribution >= 0.6 is 0 Å². The van der Waals surface area contributed by atoms with Gasteiger partial charge in [0.1, 0.15) is 0 Å². The maximum absolute atomic E-state index is 3.82. The molecule has 2 saturated carbocycles. The minimum atomic E-state index is 0.427. The Morgan fingerprint density at radius 2 is 1.88 bits per heavy atom. The second-order valence-corrected chi connectivity index (χ2v) is 6.97. The molecule has 0 saturated heterocycles. The van der Waals surface area contributed by atoms with Gasteiger partial charge in [0, 0.05) is 18.1 Å². The van der Waals surface area contributed by atoms with Crippen molar-refractivity contribution in [3.05, 3.63) is 0 Å². The fourth-order valence-electron chi connectivity index (χ4n) is 3.76. The lowest BCUT2D eigenvalue weighted by molar-refractivity contribution is 0.0653. The van der Waals surface area contributed by atoms with Crippen molar-refractivity contribution in [2.75, 3.05) is 20.6 Å². The van der Waals surface area contributed by atoms with Crippen LogP contribution in [0.3, 0.4) is 0 Å². The van der Waals surface area contributed by atoms with Gasteiger partial charge in [-0.3, -0.25) is 0 Å². The minimum absolute atomic E-state index is 0.427. The molecule has 0 amide bonds. The number of nitrogens with one attached hydrogen (secondary N) is 1. The van der Waals surface area contributed by atoms with Crippen LogP contribution in [0.5, 0.6) is 0 Å². The summed E-state index contributed by atoms with van der Waals surface area (Å²) in [7, 11) is 4.53. The van der Waals surface area contributed by atoms with Crippen molar-refractivity contribution in [1.82, 2.24) is 10.2 Å². The molecule has 2 fully saturated rings. The van der Waals surface area contributed by atoms with E-state index in [1.807, 2.05) is 0 Å². The fourth-order valence-corrected chi connectivity index (χ4v) is 3.76. The summed E-state index contributed by atoms with van der Waals surface area (Å²) in [6.07, 6.45) is 8.35. The molecule has 2 rings (SSSR count). The molecule has 0 spiro atoms. The zero-order chi connectivity index (χ0) is 12.5. The highest BCUT2D eigenvalue weighted by atomic mass is 15.2. The number of rotatable bonds is 4. The first-order chi connectivity index (χ1) is 8.02. The van der Waals surface area contributed by atoms with Gasteiger partial charge in [0.05, 0.1) is 0 Å². The van der Waals surface area contributed by atoms with E-state index in [1.54, 1.807) is 0 Å². The Balaban J connectivity index is 1.87. The van der Waals surface area contributed by atoms with Crippen molar-refractivity contribution in [1.29, 1.82) is 0 Å². The number of hydrogen-bond acceptors (Lipinski definition) is 2. The van der Waals surface area contributed by atoms with E-state index in [0.717, 1.165) is 17.9 Å². The highest BCUT2D eigenvalue weighted by Gasteiger charge is 2.38. The fraction of sp³-hybridized carbons (Fsp3) is 1.00. The summed E-state index contributed by atoms with van der Waals surface area (Å²) in [5.41, 5.74) is 0.427. The molecular formula is C15H30N2. The Labute approximate surface area is 107 Å². The molecule has 0 aromatic carbocycles. The Hall–Kier alpha value is -0.0800. The lowest BCUT2D eigenvalue weighted by Gasteiger charge is -2.47. The third kappa shape index (κ3) is 3.03. The van der Waals surface area contributed by atoms with E-state index in [9.17, 15) is 0 Å². The van der Waals surface area contributed by atoms with Crippen molar-refractivity contribution in [2.45, 2.75) is 64.0 Å².